The van der Waals surface area contributed by atoms with E-state index in [0.717, 1.165) is 19.3 Å². The molecule has 2 amide bonds. The number of nitrogens with one attached hydrogen (secondary N) is 1. The quantitative estimate of drug-likeness (QED) is 0.779. The van der Waals surface area contributed by atoms with E-state index >= 15 is 0 Å². The molecular weight excluding hydrogens is 242 g/mol. The smallest absolute Gasteiger partial charge is 0.229 e. The number of amides is 2. The SMILES string of the molecule is O=C1CCC(CC2CCC3(CCCCC3)O2)C(=O)N1. The van der Waals surface area contributed by atoms with Crippen molar-refractivity contribution in [3.05, 3.63) is 0 Å². The van der Waals surface area contributed by atoms with Crippen LogP contribution in [0.3, 0.4) is 0 Å². The van der Waals surface area contributed by atoms with Crippen molar-refractivity contribution >= 4 is 11.8 Å². The van der Waals surface area contributed by atoms with Gasteiger partial charge in [0.1, 0.15) is 0 Å². The van der Waals surface area contributed by atoms with E-state index in [4.69, 9.17) is 4.74 Å². The molecule has 0 radical (unpaired) electrons. The lowest BCUT2D eigenvalue weighted by Gasteiger charge is -2.34. The van der Waals surface area contributed by atoms with Crippen LogP contribution in [-0.2, 0) is 14.3 Å². The van der Waals surface area contributed by atoms with Crippen LogP contribution in [0.15, 0.2) is 0 Å². The Morgan fingerprint density at radius 1 is 1.11 bits per heavy atom. The molecule has 0 aromatic rings. The van der Waals surface area contributed by atoms with Crippen LogP contribution >= 0.6 is 0 Å². The first-order valence-electron chi connectivity index (χ1n) is 7.68. The highest BCUT2D eigenvalue weighted by molar-refractivity contribution is 5.98. The van der Waals surface area contributed by atoms with E-state index in [2.05, 4.69) is 5.32 Å². The molecule has 1 N–H and O–H groups in total. The Labute approximate surface area is 114 Å². The number of carbonyl (C=O) groups is 2. The third kappa shape index (κ3) is 2.83. The van der Waals surface area contributed by atoms with Crippen molar-refractivity contribution in [1.82, 2.24) is 5.32 Å². The van der Waals surface area contributed by atoms with Crippen molar-refractivity contribution in [2.24, 2.45) is 5.92 Å². The Hall–Kier alpha value is -0.900. The molecule has 19 heavy (non-hydrogen) atoms. The minimum atomic E-state index is -0.127. The van der Waals surface area contributed by atoms with E-state index in [1.165, 1.54) is 32.1 Å². The lowest BCUT2D eigenvalue weighted by Crippen LogP contribution is -2.42. The topological polar surface area (TPSA) is 55.4 Å². The monoisotopic (exact) mass is 265 g/mol. The summed E-state index contributed by atoms with van der Waals surface area (Å²) in [6.45, 7) is 0. The van der Waals surface area contributed by atoms with Gasteiger partial charge in [-0.2, -0.15) is 0 Å². The summed E-state index contributed by atoms with van der Waals surface area (Å²) in [7, 11) is 0. The molecule has 4 nitrogen and oxygen atoms in total. The van der Waals surface area contributed by atoms with Gasteiger partial charge in [-0.1, -0.05) is 19.3 Å². The molecular formula is C15H23NO3. The highest BCUT2D eigenvalue weighted by Crippen LogP contribution is 2.43. The molecule has 3 fully saturated rings. The molecule has 2 unspecified atom stereocenters. The van der Waals surface area contributed by atoms with Gasteiger partial charge in [0.05, 0.1) is 11.7 Å². The van der Waals surface area contributed by atoms with Crippen LogP contribution in [0.1, 0.15) is 64.2 Å². The van der Waals surface area contributed by atoms with Gasteiger partial charge in [-0.3, -0.25) is 14.9 Å². The minimum Gasteiger partial charge on any atom is -0.372 e. The van der Waals surface area contributed by atoms with E-state index in [1.807, 2.05) is 0 Å². The second kappa shape index (κ2) is 5.23. The van der Waals surface area contributed by atoms with Crippen molar-refractivity contribution in [2.45, 2.75) is 75.9 Å². The molecule has 0 bridgehead atoms. The second-order valence-electron chi connectivity index (χ2n) is 6.41. The van der Waals surface area contributed by atoms with Crippen molar-refractivity contribution in [3.8, 4) is 0 Å². The Balaban J connectivity index is 1.54. The van der Waals surface area contributed by atoms with Crippen molar-refractivity contribution < 1.29 is 14.3 Å². The van der Waals surface area contributed by atoms with Gasteiger partial charge >= 0.3 is 0 Å². The Morgan fingerprint density at radius 2 is 1.89 bits per heavy atom. The number of imide groups is 1. The van der Waals surface area contributed by atoms with Crippen LogP contribution in [0, 0.1) is 5.92 Å². The fourth-order valence-corrected chi connectivity index (χ4v) is 3.91. The highest BCUT2D eigenvalue weighted by atomic mass is 16.5. The summed E-state index contributed by atoms with van der Waals surface area (Å²) in [5, 5.41) is 2.44. The zero-order chi connectivity index (χ0) is 13.3. The summed E-state index contributed by atoms with van der Waals surface area (Å²) in [5.74, 6) is -0.247. The molecule has 3 rings (SSSR count). The maximum atomic E-state index is 11.8. The number of carbonyl (C=O) groups excluding carboxylic acids is 2. The van der Waals surface area contributed by atoms with Crippen LogP contribution < -0.4 is 5.32 Å². The average Bonchev–Trinajstić information content (AvgIpc) is 2.77. The number of hydrogen-bond donors (Lipinski definition) is 1. The molecule has 106 valence electrons. The third-order valence-corrected chi connectivity index (χ3v) is 5.00. The van der Waals surface area contributed by atoms with Gasteiger partial charge < -0.3 is 4.74 Å². The normalized spacial score (nSPS) is 34.5. The summed E-state index contributed by atoms with van der Waals surface area (Å²) in [4.78, 5) is 22.9. The van der Waals surface area contributed by atoms with E-state index in [1.54, 1.807) is 0 Å². The molecule has 4 heteroatoms. The summed E-state index contributed by atoms with van der Waals surface area (Å²) in [5.41, 5.74) is 0.129. The first kappa shape index (κ1) is 13.1. The summed E-state index contributed by atoms with van der Waals surface area (Å²) >= 11 is 0. The molecule has 1 aliphatic carbocycles. The highest BCUT2D eigenvalue weighted by Gasteiger charge is 2.42. The molecule has 3 aliphatic rings. The minimum absolute atomic E-state index is 0.0264. The zero-order valence-corrected chi connectivity index (χ0v) is 11.5. The number of ether oxygens (including phenoxy) is 1. The Bertz CT molecular complexity index is 374. The van der Waals surface area contributed by atoms with E-state index in [-0.39, 0.29) is 29.4 Å². The maximum absolute atomic E-state index is 11.8. The predicted molar refractivity (Wildman–Crippen MR) is 70.4 cm³/mol. The molecule has 2 aliphatic heterocycles. The molecule has 0 aromatic heterocycles. The fraction of sp³-hybridized carbons (Fsp3) is 0.867. The number of rotatable bonds is 2. The van der Waals surface area contributed by atoms with Gasteiger partial charge in [-0.25, -0.2) is 0 Å². The predicted octanol–water partition coefficient (Wildman–Crippen LogP) is 2.31. The number of piperidine rings is 1. The van der Waals surface area contributed by atoms with Gasteiger partial charge in [0.25, 0.3) is 0 Å². The molecule has 2 heterocycles. The third-order valence-electron chi connectivity index (χ3n) is 5.00. The maximum Gasteiger partial charge on any atom is 0.229 e. The molecule has 0 aromatic carbocycles. The van der Waals surface area contributed by atoms with Crippen molar-refractivity contribution in [2.75, 3.05) is 0 Å². The average molecular weight is 265 g/mol. The van der Waals surface area contributed by atoms with Crippen LogP contribution in [0.25, 0.3) is 0 Å². The zero-order valence-electron chi connectivity index (χ0n) is 11.5. The van der Waals surface area contributed by atoms with Crippen LogP contribution in [0.4, 0.5) is 0 Å². The molecule has 1 spiro atoms. The van der Waals surface area contributed by atoms with Gasteiger partial charge in [-0.15, -0.1) is 0 Å². The van der Waals surface area contributed by atoms with Crippen LogP contribution in [-0.4, -0.2) is 23.5 Å². The molecule has 2 saturated heterocycles. The van der Waals surface area contributed by atoms with E-state index in [0.29, 0.717) is 12.8 Å². The summed E-state index contributed by atoms with van der Waals surface area (Å²) < 4.78 is 6.30. The van der Waals surface area contributed by atoms with Gasteiger partial charge in [-0.05, 0) is 38.5 Å². The largest absolute Gasteiger partial charge is 0.372 e. The lowest BCUT2D eigenvalue weighted by molar-refractivity contribution is -0.138. The van der Waals surface area contributed by atoms with Gasteiger partial charge in [0.2, 0.25) is 11.8 Å². The summed E-state index contributed by atoms with van der Waals surface area (Å²) in [6, 6.07) is 0. The lowest BCUT2D eigenvalue weighted by atomic mass is 9.83. The standard InChI is InChI=1S/C15H23NO3/c17-13-5-4-11(14(18)16-13)10-12-6-9-15(19-12)7-2-1-3-8-15/h11-12H,1-10H2,(H,16,17,18). The second-order valence-corrected chi connectivity index (χ2v) is 6.41. The molecule has 2 atom stereocenters. The van der Waals surface area contributed by atoms with Crippen LogP contribution in [0.2, 0.25) is 0 Å². The van der Waals surface area contributed by atoms with Gasteiger partial charge in [0, 0.05) is 12.3 Å². The molecule has 1 saturated carbocycles. The van der Waals surface area contributed by atoms with Gasteiger partial charge in [0.15, 0.2) is 0 Å². The van der Waals surface area contributed by atoms with E-state index < -0.39 is 0 Å². The first-order chi connectivity index (χ1) is 9.17. The van der Waals surface area contributed by atoms with E-state index in [9.17, 15) is 9.59 Å². The first-order valence-corrected chi connectivity index (χ1v) is 7.68. The number of hydrogen-bond acceptors (Lipinski definition) is 3. The van der Waals surface area contributed by atoms with Crippen molar-refractivity contribution in [3.63, 3.8) is 0 Å². The Morgan fingerprint density at radius 3 is 2.63 bits per heavy atom. The van der Waals surface area contributed by atoms with Crippen LogP contribution in [0.5, 0.6) is 0 Å². The van der Waals surface area contributed by atoms with Crippen molar-refractivity contribution in [1.29, 1.82) is 0 Å². The summed E-state index contributed by atoms with van der Waals surface area (Å²) in [6.07, 6.45) is 10.7. The Kier molecular flexibility index (Phi) is 3.61. The fourth-order valence-electron chi connectivity index (χ4n) is 3.91.